The highest BCUT2D eigenvalue weighted by Gasteiger charge is 2.26. The Bertz CT molecular complexity index is 733. The summed E-state index contributed by atoms with van der Waals surface area (Å²) in [5.41, 5.74) is 1.16. The third-order valence-electron chi connectivity index (χ3n) is 4.46. The van der Waals surface area contributed by atoms with Crippen LogP contribution in [0.15, 0.2) is 18.2 Å². The molecule has 0 bridgehead atoms. The summed E-state index contributed by atoms with van der Waals surface area (Å²) in [7, 11) is -0.360. The van der Waals surface area contributed by atoms with Crippen LogP contribution >= 0.6 is 0 Å². The van der Waals surface area contributed by atoms with Gasteiger partial charge >= 0.3 is 5.97 Å². The fraction of sp³-hybridized carbons (Fsp3) is 0.545. The first-order chi connectivity index (χ1) is 13.2. The lowest BCUT2D eigenvalue weighted by Crippen LogP contribution is -2.30. The molecular formula is C22H32O5Si. The van der Waals surface area contributed by atoms with Crippen molar-refractivity contribution in [2.75, 3.05) is 7.11 Å². The number of ketones is 1. The number of allylic oxidation sites excluding steroid dienone is 1. The van der Waals surface area contributed by atoms with Crippen LogP contribution in [-0.4, -0.2) is 33.3 Å². The number of fused-ring (bicyclic) bond motifs is 1. The van der Waals surface area contributed by atoms with E-state index in [0.717, 1.165) is 19.3 Å². The van der Waals surface area contributed by atoms with E-state index in [2.05, 4.69) is 19.6 Å². The van der Waals surface area contributed by atoms with Crippen LogP contribution in [0.4, 0.5) is 0 Å². The molecule has 0 fully saturated rings. The molecule has 5 nitrogen and oxygen atoms in total. The maximum absolute atomic E-state index is 13.0. The lowest BCUT2D eigenvalue weighted by atomic mass is 10.0. The van der Waals surface area contributed by atoms with Gasteiger partial charge in [-0.2, -0.15) is 0 Å². The zero-order valence-electron chi connectivity index (χ0n) is 17.7. The third-order valence-corrected chi connectivity index (χ3v) is 5.29. The van der Waals surface area contributed by atoms with E-state index in [9.17, 15) is 9.59 Å². The fourth-order valence-corrected chi connectivity index (χ4v) is 3.95. The quantitative estimate of drug-likeness (QED) is 0.499. The largest absolute Gasteiger partial charge is 0.544 e. The molecule has 0 saturated heterocycles. The number of ether oxygens (including phenoxy) is 2. The molecule has 0 spiro atoms. The van der Waals surface area contributed by atoms with Crippen LogP contribution in [0.1, 0.15) is 61.4 Å². The summed E-state index contributed by atoms with van der Waals surface area (Å²) in [5.74, 6) is 1.02. The molecule has 0 amide bonds. The minimum Gasteiger partial charge on any atom is -0.544 e. The van der Waals surface area contributed by atoms with Crippen LogP contribution in [0.2, 0.25) is 19.6 Å². The van der Waals surface area contributed by atoms with E-state index >= 15 is 0 Å². The Morgan fingerprint density at radius 3 is 2.50 bits per heavy atom. The van der Waals surface area contributed by atoms with Gasteiger partial charge in [0, 0.05) is 18.9 Å². The molecule has 0 saturated carbocycles. The maximum Gasteiger partial charge on any atom is 0.342 e. The number of cyclic esters (lactones) is 1. The van der Waals surface area contributed by atoms with E-state index in [1.54, 1.807) is 13.2 Å². The monoisotopic (exact) mass is 404 g/mol. The Kier molecular flexibility index (Phi) is 7.86. The second kappa shape index (κ2) is 9.91. The number of carbonyl (C=O) groups is 2. The summed E-state index contributed by atoms with van der Waals surface area (Å²) in [5, 5.41) is 0. The third kappa shape index (κ3) is 6.82. The number of benzene rings is 1. The smallest absolute Gasteiger partial charge is 0.342 e. The molecule has 154 valence electrons. The van der Waals surface area contributed by atoms with Crippen molar-refractivity contribution in [3.8, 4) is 11.5 Å². The Morgan fingerprint density at radius 2 is 1.82 bits per heavy atom. The molecule has 0 aromatic heterocycles. The predicted octanol–water partition coefficient (Wildman–Crippen LogP) is 5.39. The second-order valence-corrected chi connectivity index (χ2v) is 12.7. The molecule has 1 heterocycles. The lowest BCUT2D eigenvalue weighted by molar-refractivity contribution is -0.119. The molecule has 1 aromatic rings. The number of carbonyl (C=O) groups excluding carboxylic acids is 2. The van der Waals surface area contributed by atoms with Crippen molar-refractivity contribution < 1.29 is 23.5 Å². The van der Waals surface area contributed by atoms with E-state index in [-0.39, 0.29) is 11.9 Å². The number of esters is 1. The van der Waals surface area contributed by atoms with Gasteiger partial charge in [0.15, 0.2) is 0 Å². The molecule has 1 atom stereocenters. The van der Waals surface area contributed by atoms with Crippen LogP contribution < -0.4 is 9.16 Å². The normalized spacial score (nSPS) is 20.5. The van der Waals surface area contributed by atoms with Crippen LogP contribution in [-0.2, 0) is 9.53 Å². The summed E-state index contributed by atoms with van der Waals surface area (Å²) in [4.78, 5) is 25.0. The van der Waals surface area contributed by atoms with Gasteiger partial charge in [-0.05, 0) is 63.9 Å². The van der Waals surface area contributed by atoms with Crippen molar-refractivity contribution in [1.29, 1.82) is 0 Å². The molecule has 1 aliphatic heterocycles. The van der Waals surface area contributed by atoms with E-state index in [1.807, 2.05) is 25.1 Å². The number of methoxy groups -OCH3 is 1. The van der Waals surface area contributed by atoms with Crippen LogP contribution in [0.25, 0.3) is 6.08 Å². The van der Waals surface area contributed by atoms with Gasteiger partial charge in [-0.1, -0.05) is 12.2 Å². The van der Waals surface area contributed by atoms with Crippen molar-refractivity contribution in [3.05, 3.63) is 29.3 Å². The highest BCUT2D eigenvalue weighted by molar-refractivity contribution is 6.70. The van der Waals surface area contributed by atoms with E-state index in [1.165, 1.54) is 0 Å². The molecule has 0 radical (unpaired) electrons. The van der Waals surface area contributed by atoms with Crippen molar-refractivity contribution >= 4 is 26.1 Å². The van der Waals surface area contributed by atoms with Crippen LogP contribution in [0, 0.1) is 0 Å². The summed E-state index contributed by atoms with van der Waals surface area (Å²) < 4.78 is 17.3. The van der Waals surface area contributed by atoms with Gasteiger partial charge in [0.1, 0.15) is 22.8 Å². The average Bonchev–Trinajstić information content (AvgIpc) is 2.58. The standard InChI is InChI=1S/C22H32O5Si/c1-16-10-9-13-18(23)12-8-6-7-11-17-14-19(25-2)15-20(27-28(3,4)5)21(17)22(24)26-16/h7,11,14-16H,6,8-10,12-13H2,1-5H3/b11-7-. The molecular weight excluding hydrogens is 372 g/mol. The highest BCUT2D eigenvalue weighted by Crippen LogP contribution is 2.33. The lowest BCUT2D eigenvalue weighted by Gasteiger charge is -2.24. The summed E-state index contributed by atoms with van der Waals surface area (Å²) in [6.07, 6.45) is 7.76. The van der Waals surface area contributed by atoms with E-state index in [0.29, 0.717) is 41.9 Å². The molecule has 1 aliphatic rings. The number of rotatable bonds is 3. The molecule has 1 aromatic carbocycles. The minimum atomic E-state index is -1.96. The second-order valence-electron chi connectivity index (χ2n) is 8.25. The summed E-state index contributed by atoms with van der Waals surface area (Å²) in [6, 6.07) is 3.59. The first-order valence-electron chi connectivity index (χ1n) is 10.00. The molecule has 0 aliphatic carbocycles. The Morgan fingerprint density at radius 1 is 1.11 bits per heavy atom. The summed E-state index contributed by atoms with van der Waals surface area (Å²) >= 11 is 0. The molecule has 28 heavy (non-hydrogen) atoms. The first-order valence-corrected chi connectivity index (χ1v) is 13.4. The van der Waals surface area contributed by atoms with Crippen LogP contribution in [0.3, 0.4) is 0 Å². The first kappa shape index (κ1) is 22.2. The predicted molar refractivity (Wildman–Crippen MR) is 114 cm³/mol. The van der Waals surface area contributed by atoms with Gasteiger partial charge < -0.3 is 13.9 Å². The summed E-state index contributed by atoms with van der Waals surface area (Å²) in [6.45, 7) is 8.08. The number of hydrogen-bond acceptors (Lipinski definition) is 5. The average molecular weight is 405 g/mol. The maximum atomic E-state index is 13.0. The van der Waals surface area contributed by atoms with Crippen molar-refractivity contribution in [2.45, 2.75) is 71.2 Å². The Labute approximate surface area is 169 Å². The minimum absolute atomic E-state index is 0.262. The highest BCUT2D eigenvalue weighted by atomic mass is 28.4. The molecule has 0 N–H and O–H groups in total. The molecule has 1 unspecified atom stereocenters. The molecule has 6 heteroatoms. The molecule has 2 rings (SSSR count). The van der Waals surface area contributed by atoms with Gasteiger partial charge in [0.2, 0.25) is 8.32 Å². The Balaban J connectivity index is 2.48. The fourth-order valence-electron chi connectivity index (χ4n) is 3.13. The zero-order valence-corrected chi connectivity index (χ0v) is 18.7. The zero-order chi connectivity index (χ0) is 20.7. The number of Topliss-reactive ketones (excluding diaryl/α,β-unsaturated/α-hetero) is 1. The van der Waals surface area contributed by atoms with E-state index in [4.69, 9.17) is 13.9 Å². The van der Waals surface area contributed by atoms with Gasteiger partial charge in [0.05, 0.1) is 13.2 Å². The Hall–Kier alpha value is -2.08. The van der Waals surface area contributed by atoms with Crippen molar-refractivity contribution in [3.63, 3.8) is 0 Å². The van der Waals surface area contributed by atoms with Gasteiger partial charge in [0.25, 0.3) is 0 Å². The van der Waals surface area contributed by atoms with Gasteiger partial charge in [-0.3, -0.25) is 4.79 Å². The van der Waals surface area contributed by atoms with Crippen molar-refractivity contribution in [1.82, 2.24) is 0 Å². The van der Waals surface area contributed by atoms with Gasteiger partial charge in [-0.25, -0.2) is 4.79 Å². The van der Waals surface area contributed by atoms with Gasteiger partial charge in [-0.15, -0.1) is 0 Å². The topological polar surface area (TPSA) is 61.8 Å². The van der Waals surface area contributed by atoms with E-state index < -0.39 is 14.3 Å². The SMILES string of the molecule is COc1cc2c(c(O[Si](C)(C)C)c1)C(=O)OC(C)CCCC(=O)CCC/C=C\2. The number of hydrogen-bond donors (Lipinski definition) is 0. The van der Waals surface area contributed by atoms with Crippen LogP contribution in [0.5, 0.6) is 11.5 Å². The van der Waals surface area contributed by atoms with Crippen molar-refractivity contribution in [2.24, 2.45) is 0 Å².